The van der Waals surface area contributed by atoms with E-state index < -0.39 is 0 Å². The highest BCUT2D eigenvalue weighted by molar-refractivity contribution is 7.11. The molecule has 0 saturated carbocycles. The second-order valence-electron chi connectivity index (χ2n) is 5.73. The van der Waals surface area contributed by atoms with E-state index in [0.717, 1.165) is 45.7 Å². The minimum Gasteiger partial charge on any atom is -0.314 e. The topological polar surface area (TPSA) is 40.2 Å². The molecule has 0 atom stereocenters. The molecule has 4 nitrogen and oxygen atoms in total. The molecule has 108 valence electrons. The zero-order valence-corrected chi connectivity index (χ0v) is 13.1. The van der Waals surface area contributed by atoms with Gasteiger partial charge in [-0.05, 0) is 20.3 Å². The zero-order valence-electron chi connectivity index (χ0n) is 12.3. The van der Waals surface area contributed by atoms with Gasteiger partial charge in [0.25, 0.3) is 0 Å². The quantitative estimate of drug-likeness (QED) is 0.829. The lowest BCUT2D eigenvalue weighted by atomic mass is 10.0. The molecule has 5 heteroatoms. The van der Waals surface area contributed by atoms with Gasteiger partial charge in [-0.3, -0.25) is 4.90 Å². The van der Waals surface area contributed by atoms with Gasteiger partial charge in [-0.1, -0.05) is 6.92 Å². The number of hydrogen-bond acceptors (Lipinski definition) is 5. The van der Waals surface area contributed by atoms with Crippen molar-refractivity contribution in [2.45, 2.75) is 39.3 Å². The van der Waals surface area contributed by atoms with Crippen LogP contribution in [0, 0.1) is 0 Å². The molecule has 0 bridgehead atoms. The summed E-state index contributed by atoms with van der Waals surface area (Å²) in [4.78, 5) is 8.39. The number of hydrogen-bond donors (Lipinski definition) is 2. The Bertz CT molecular complexity index is 383. The Morgan fingerprint density at radius 2 is 2.16 bits per heavy atom. The van der Waals surface area contributed by atoms with Gasteiger partial charge in [0.05, 0.1) is 0 Å². The number of thiazole rings is 1. The molecule has 1 aromatic rings. The van der Waals surface area contributed by atoms with Crippen LogP contribution in [-0.2, 0) is 13.0 Å². The van der Waals surface area contributed by atoms with E-state index in [1.807, 2.05) is 17.5 Å². The van der Waals surface area contributed by atoms with Gasteiger partial charge in [0.2, 0.25) is 0 Å². The molecule has 0 unspecified atom stereocenters. The molecule has 19 heavy (non-hydrogen) atoms. The number of piperazine rings is 1. The molecule has 2 N–H and O–H groups in total. The average Bonchev–Trinajstić information content (AvgIpc) is 2.87. The van der Waals surface area contributed by atoms with E-state index in [0.29, 0.717) is 0 Å². The van der Waals surface area contributed by atoms with E-state index in [2.05, 4.69) is 41.3 Å². The Balaban J connectivity index is 1.77. The summed E-state index contributed by atoms with van der Waals surface area (Å²) in [5.41, 5.74) is 0.215. The fourth-order valence-electron chi connectivity index (χ4n) is 2.45. The maximum Gasteiger partial charge on any atom is 0.107 e. The average molecular weight is 282 g/mol. The van der Waals surface area contributed by atoms with Crippen LogP contribution in [-0.4, -0.2) is 48.1 Å². The van der Waals surface area contributed by atoms with Crippen LogP contribution in [0.25, 0.3) is 0 Å². The summed E-state index contributed by atoms with van der Waals surface area (Å²) in [6.07, 6.45) is 3.09. The normalized spacial score (nSPS) is 17.8. The predicted molar refractivity (Wildman–Crippen MR) is 81.7 cm³/mol. The molecule has 2 rings (SSSR count). The lowest BCUT2D eigenvalue weighted by molar-refractivity contribution is 0.102. The fraction of sp³-hybridized carbons (Fsp3) is 0.786. The van der Waals surface area contributed by atoms with E-state index >= 15 is 0 Å². The largest absolute Gasteiger partial charge is 0.314 e. The van der Waals surface area contributed by atoms with E-state index in [1.165, 1.54) is 9.88 Å². The van der Waals surface area contributed by atoms with Gasteiger partial charge < -0.3 is 10.6 Å². The van der Waals surface area contributed by atoms with Gasteiger partial charge in [0, 0.05) is 55.9 Å². The molecule has 0 spiro atoms. The highest BCUT2D eigenvalue weighted by Crippen LogP contribution is 2.16. The van der Waals surface area contributed by atoms with Crippen molar-refractivity contribution in [1.29, 1.82) is 0 Å². The van der Waals surface area contributed by atoms with Crippen LogP contribution in [0.2, 0.25) is 0 Å². The van der Waals surface area contributed by atoms with Crippen molar-refractivity contribution in [3.63, 3.8) is 0 Å². The molecule has 0 aliphatic carbocycles. The minimum absolute atomic E-state index is 0.215. The number of nitrogens with one attached hydrogen (secondary N) is 2. The third kappa shape index (κ3) is 4.24. The first kappa shape index (κ1) is 14.9. The molecular formula is C14H26N4S. The molecule has 1 fully saturated rings. The standard InChI is InChI=1S/C14H26N4S/c1-4-12-9-17-13(19-12)10-16-11-14(2,3)18-7-5-15-6-8-18/h9,15-16H,4-8,10-11H2,1-3H3. The summed E-state index contributed by atoms with van der Waals surface area (Å²) in [6, 6.07) is 0. The second kappa shape index (κ2) is 6.79. The van der Waals surface area contributed by atoms with Crippen LogP contribution in [0.5, 0.6) is 0 Å². The molecule has 0 radical (unpaired) electrons. The highest BCUT2D eigenvalue weighted by atomic mass is 32.1. The van der Waals surface area contributed by atoms with Gasteiger partial charge >= 0.3 is 0 Å². The van der Waals surface area contributed by atoms with Crippen molar-refractivity contribution in [2.24, 2.45) is 0 Å². The van der Waals surface area contributed by atoms with E-state index in [4.69, 9.17) is 0 Å². The van der Waals surface area contributed by atoms with Crippen LogP contribution < -0.4 is 10.6 Å². The van der Waals surface area contributed by atoms with E-state index in [-0.39, 0.29) is 5.54 Å². The first-order valence-electron chi connectivity index (χ1n) is 7.22. The van der Waals surface area contributed by atoms with Crippen molar-refractivity contribution in [3.8, 4) is 0 Å². The van der Waals surface area contributed by atoms with Gasteiger partial charge in [-0.15, -0.1) is 11.3 Å². The maximum atomic E-state index is 4.45. The summed E-state index contributed by atoms with van der Waals surface area (Å²) in [6.45, 7) is 13.2. The molecule has 1 aliphatic heterocycles. The summed E-state index contributed by atoms with van der Waals surface area (Å²) in [5, 5.41) is 8.17. The van der Waals surface area contributed by atoms with Gasteiger partial charge in [0.1, 0.15) is 5.01 Å². The van der Waals surface area contributed by atoms with Crippen LogP contribution in [0.4, 0.5) is 0 Å². The first-order chi connectivity index (χ1) is 9.12. The summed E-state index contributed by atoms with van der Waals surface area (Å²) < 4.78 is 0. The van der Waals surface area contributed by atoms with E-state index in [9.17, 15) is 0 Å². The first-order valence-corrected chi connectivity index (χ1v) is 8.03. The number of aromatic nitrogens is 1. The lowest BCUT2D eigenvalue weighted by Gasteiger charge is -2.41. The predicted octanol–water partition coefficient (Wildman–Crippen LogP) is 1.48. The highest BCUT2D eigenvalue weighted by Gasteiger charge is 2.27. The maximum absolute atomic E-state index is 4.45. The fourth-order valence-corrected chi connectivity index (χ4v) is 3.28. The lowest BCUT2D eigenvalue weighted by Crippen LogP contribution is -2.57. The van der Waals surface area contributed by atoms with Crippen LogP contribution in [0.3, 0.4) is 0 Å². The Morgan fingerprint density at radius 1 is 1.42 bits per heavy atom. The molecule has 0 aromatic carbocycles. The van der Waals surface area contributed by atoms with Crippen LogP contribution in [0.15, 0.2) is 6.20 Å². The van der Waals surface area contributed by atoms with Crippen molar-refractivity contribution in [3.05, 3.63) is 16.1 Å². The van der Waals surface area contributed by atoms with Crippen molar-refractivity contribution in [2.75, 3.05) is 32.7 Å². The number of rotatable bonds is 6. The van der Waals surface area contributed by atoms with Crippen molar-refractivity contribution >= 4 is 11.3 Å². The number of nitrogens with zero attached hydrogens (tertiary/aromatic N) is 2. The van der Waals surface area contributed by atoms with Crippen LogP contribution in [0.1, 0.15) is 30.7 Å². The van der Waals surface area contributed by atoms with Crippen molar-refractivity contribution < 1.29 is 0 Å². The molecule has 1 aliphatic rings. The van der Waals surface area contributed by atoms with Gasteiger partial charge in [0.15, 0.2) is 0 Å². The monoisotopic (exact) mass is 282 g/mol. The SMILES string of the molecule is CCc1cnc(CNCC(C)(C)N2CCNCC2)s1. The molecule has 1 aromatic heterocycles. The zero-order chi connectivity index (χ0) is 13.7. The molecule has 0 amide bonds. The van der Waals surface area contributed by atoms with Crippen LogP contribution >= 0.6 is 11.3 Å². The second-order valence-corrected chi connectivity index (χ2v) is 6.93. The third-order valence-corrected chi connectivity index (χ3v) is 4.90. The Kier molecular flexibility index (Phi) is 5.33. The van der Waals surface area contributed by atoms with E-state index in [1.54, 1.807) is 0 Å². The summed E-state index contributed by atoms with van der Waals surface area (Å²) >= 11 is 1.82. The van der Waals surface area contributed by atoms with Gasteiger partial charge in [-0.25, -0.2) is 4.98 Å². The Morgan fingerprint density at radius 3 is 2.79 bits per heavy atom. The smallest absolute Gasteiger partial charge is 0.107 e. The van der Waals surface area contributed by atoms with Crippen molar-refractivity contribution in [1.82, 2.24) is 20.5 Å². The molecule has 2 heterocycles. The summed E-state index contributed by atoms with van der Waals surface area (Å²) in [7, 11) is 0. The Labute approximate surface area is 120 Å². The third-order valence-electron chi connectivity index (χ3n) is 3.76. The van der Waals surface area contributed by atoms with Gasteiger partial charge in [-0.2, -0.15) is 0 Å². The minimum atomic E-state index is 0.215. The summed E-state index contributed by atoms with van der Waals surface area (Å²) in [5.74, 6) is 0. The molecular weight excluding hydrogens is 256 g/mol. The Hall–Kier alpha value is -0.490. The number of aryl methyl sites for hydroxylation is 1. The molecule has 1 saturated heterocycles.